The van der Waals surface area contributed by atoms with Crippen LogP contribution < -0.4 is 10.2 Å². The number of benzene rings is 1. The summed E-state index contributed by atoms with van der Waals surface area (Å²) >= 11 is 5.93. The van der Waals surface area contributed by atoms with Gasteiger partial charge in [-0.25, -0.2) is 4.98 Å². The highest BCUT2D eigenvalue weighted by atomic mass is 35.5. The van der Waals surface area contributed by atoms with Gasteiger partial charge in [-0.05, 0) is 37.5 Å². The Balaban J connectivity index is 1.34. The molecule has 1 aliphatic heterocycles. The van der Waals surface area contributed by atoms with Crippen LogP contribution in [0, 0.1) is 6.92 Å². The Morgan fingerprint density at radius 1 is 1.07 bits per heavy atom. The average Bonchev–Trinajstić information content (AvgIpc) is 2.76. The molecule has 2 heterocycles. The Morgan fingerprint density at radius 2 is 1.77 bits per heavy atom. The molecule has 2 aliphatic rings. The number of aryl methyl sites for hydroxylation is 1. The molecule has 1 aromatic carbocycles. The minimum absolute atomic E-state index is 0.162. The first-order valence-electron chi connectivity index (χ1n) is 11.0. The number of hydrogen-bond acceptors (Lipinski definition) is 5. The maximum atomic E-state index is 12.7. The van der Waals surface area contributed by atoms with Crippen molar-refractivity contribution in [1.82, 2.24) is 14.9 Å². The van der Waals surface area contributed by atoms with Crippen molar-refractivity contribution in [3.05, 3.63) is 46.6 Å². The second kappa shape index (κ2) is 9.65. The van der Waals surface area contributed by atoms with Gasteiger partial charge in [-0.1, -0.05) is 43.0 Å². The zero-order valence-corrected chi connectivity index (χ0v) is 18.4. The summed E-state index contributed by atoms with van der Waals surface area (Å²) in [6.07, 6.45) is 6.70. The van der Waals surface area contributed by atoms with Crippen molar-refractivity contribution in [2.45, 2.75) is 51.5 Å². The van der Waals surface area contributed by atoms with Crippen LogP contribution in [-0.2, 0) is 11.2 Å². The molecule has 1 saturated carbocycles. The minimum Gasteiger partial charge on any atom is -0.353 e. The fourth-order valence-electron chi connectivity index (χ4n) is 4.28. The van der Waals surface area contributed by atoms with Crippen LogP contribution >= 0.6 is 11.6 Å². The van der Waals surface area contributed by atoms with E-state index in [0.717, 1.165) is 36.1 Å². The number of carbonyl (C=O) groups is 1. The largest absolute Gasteiger partial charge is 0.353 e. The number of amides is 1. The van der Waals surface area contributed by atoms with E-state index in [2.05, 4.69) is 15.2 Å². The topological polar surface area (TPSA) is 61.4 Å². The highest BCUT2D eigenvalue weighted by Crippen LogP contribution is 2.22. The molecule has 160 valence electrons. The molecule has 0 radical (unpaired) electrons. The molecule has 7 heteroatoms. The van der Waals surface area contributed by atoms with Crippen molar-refractivity contribution in [1.29, 1.82) is 0 Å². The van der Waals surface area contributed by atoms with Gasteiger partial charge in [0.1, 0.15) is 5.82 Å². The van der Waals surface area contributed by atoms with E-state index in [4.69, 9.17) is 16.6 Å². The van der Waals surface area contributed by atoms with Crippen molar-refractivity contribution < 1.29 is 4.79 Å². The number of hydrogen-bond donors (Lipinski definition) is 1. The van der Waals surface area contributed by atoms with E-state index in [1.54, 1.807) is 0 Å². The van der Waals surface area contributed by atoms with Crippen LogP contribution in [0.4, 0.5) is 11.8 Å². The van der Waals surface area contributed by atoms with E-state index in [0.29, 0.717) is 30.6 Å². The van der Waals surface area contributed by atoms with Gasteiger partial charge in [-0.2, -0.15) is 4.98 Å². The molecule has 0 spiro atoms. The molecule has 6 nitrogen and oxygen atoms in total. The third-order valence-electron chi connectivity index (χ3n) is 6.00. The summed E-state index contributed by atoms with van der Waals surface area (Å²) < 4.78 is 0. The summed E-state index contributed by atoms with van der Waals surface area (Å²) in [5.74, 6) is 1.85. The first-order chi connectivity index (χ1) is 14.6. The van der Waals surface area contributed by atoms with Gasteiger partial charge >= 0.3 is 0 Å². The van der Waals surface area contributed by atoms with Crippen LogP contribution in [0.25, 0.3) is 0 Å². The van der Waals surface area contributed by atoms with Crippen molar-refractivity contribution in [2.75, 3.05) is 36.4 Å². The molecular formula is C23H30ClN5O. The van der Waals surface area contributed by atoms with E-state index in [1.165, 1.54) is 32.1 Å². The van der Waals surface area contributed by atoms with Crippen molar-refractivity contribution in [3.8, 4) is 0 Å². The number of rotatable bonds is 5. The number of piperazine rings is 1. The lowest BCUT2D eigenvalue weighted by atomic mass is 9.96. The Hall–Kier alpha value is -2.34. The molecule has 1 saturated heterocycles. The summed E-state index contributed by atoms with van der Waals surface area (Å²) in [6, 6.07) is 10.0. The van der Waals surface area contributed by atoms with E-state index in [1.807, 2.05) is 42.2 Å². The molecule has 1 aliphatic carbocycles. The van der Waals surface area contributed by atoms with Gasteiger partial charge in [-0.15, -0.1) is 0 Å². The third-order valence-corrected chi connectivity index (χ3v) is 6.26. The molecule has 0 unspecified atom stereocenters. The summed E-state index contributed by atoms with van der Waals surface area (Å²) in [4.78, 5) is 26.2. The Morgan fingerprint density at radius 3 is 2.47 bits per heavy atom. The zero-order valence-electron chi connectivity index (χ0n) is 17.6. The van der Waals surface area contributed by atoms with Gasteiger partial charge in [0.15, 0.2) is 0 Å². The van der Waals surface area contributed by atoms with Crippen LogP contribution in [0.5, 0.6) is 0 Å². The lowest BCUT2D eigenvalue weighted by Gasteiger charge is -2.35. The molecule has 0 atom stereocenters. The van der Waals surface area contributed by atoms with E-state index < -0.39 is 0 Å². The predicted octanol–water partition coefficient (Wildman–Crippen LogP) is 4.07. The summed E-state index contributed by atoms with van der Waals surface area (Å²) in [7, 11) is 0. The Bertz CT molecular complexity index is 858. The highest BCUT2D eigenvalue weighted by molar-refractivity contribution is 6.30. The first-order valence-corrected chi connectivity index (χ1v) is 11.3. The monoisotopic (exact) mass is 427 g/mol. The molecule has 1 amide bonds. The van der Waals surface area contributed by atoms with Crippen molar-refractivity contribution in [2.24, 2.45) is 0 Å². The normalized spacial score (nSPS) is 17.8. The standard InChI is InChI=1S/C23H30ClN5O/c1-17-15-21(27-23(25-17)26-20-5-3-2-4-6-20)28-11-13-29(14-12-28)22(30)16-18-7-9-19(24)10-8-18/h7-10,15,20H,2-6,11-14,16H2,1H3,(H,25,26,27). The van der Waals surface area contributed by atoms with Gasteiger partial charge < -0.3 is 15.1 Å². The number of aromatic nitrogens is 2. The van der Waals surface area contributed by atoms with E-state index in [-0.39, 0.29) is 5.91 Å². The smallest absolute Gasteiger partial charge is 0.227 e. The van der Waals surface area contributed by atoms with Gasteiger partial charge in [0.25, 0.3) is 0 Å². The van der Waals surface area contributed by atoms with Crippen molar-refractivity contribution >= 4 is 29.3 Å². The third kappa shape index (κ3) is 5.42. The van der Waals surface area contributed by atoms with Crippen LogP contribution in [-0.4, -0.2) is 53.0 Å². The fourth-order valence-corrected chi connectivity index (χ4v) is 4.41. The Kier molecular flexibility index (Phi) is 6.72. The SMILES string of the molecule is Cc1cc(N2CCN(C(=O)Cc3ccc(Cl)cc3)CC2)nc(NC2CCCCC2)n1. The molecule has 4 rings (SSSR count). The van der Waals surface area contributed by atoms with Gasteiger partial charge in [0.05, 0.1) is 6.42 Å². The maximum Gasteiger partial charge on any atom is 0.227 e. The van der Waals surface area contributed by atoms with Crippen LogP contribution in [0.15, 0.2) is 30.3 Å². The van der Waals surface area contributed by atoms with E-state index in [9.17, 15) is 4.79 Å². The molecule has 1 aromatic heterocycles. The maximum absolute atomic E-state index is 12.7. The first kappa shape index (κ1) is 20.9. The average molecular weight is 428 g/mol. The molecule has 2 aromatic rings. The molecule has 30 heavy (non-hydrogen) atoms. The number of halogens is 1. The minimum atomic E-state index is 0.162. The zero-order chi connectivity index (χ0) is 20.9. The summed E-state index contributed by atoms with van der Waals surface area (Å²) in [6.45, 7) is 5.00. The Labute approximate surface area is 183 Å². The number of nitrogens with one attached hydrogen (secondary N) is 1. The van der Waals surface area contributed by atoms with Gasteiger partial charge in [0, 0.05) is 49.0 Å². The van der Waals surface area contributed by atoms with Crippen LogP contribution in [0.1, 0.15) is 43.4 Å². The quantitative estimate of drug-likeness (QED) is 0.779. The molecule has 0 bridgehead atoms. The summed E-state index contributed by atoms with van der Waals surface area (Å²) in [5.41, 5.74) is 1.97. The van der Waals surface area contributed by atoms with Crippen molar-refractivity contribution in [3.63, 3.8) is 0 Å². The lowest BCUT2D eigenvalue weighted by Crippen LogP contribution is -2.49. The number of nitrogens with zero attached hydrogens (tertiary/aromatic N) is 4. The predicted molar refractivity (Wildman–Crippen MR) is 121 cm³/mol. The van der Waals surface area contributed by atoms with Gasteiger partial charge in [0.2, 0.25) is 11.9 Å². The number of anilines is 2. The molecular weight excluding hydrogens is 398 g/mol. The van der Waals surface area contributed by atoms with Gasteiger partial charge in [-0.3, -0.25) is 4.79 Å². The molecule has 1 N–H and O–H groups in total. The van der Waals surface area contributed by atoms with Crippen LogP contribution in [0.3, 0.4) is 0 Å². The van der Waals surface area contributed by atoms with Crippen LogP contribution in [0.2, 0.25) is 5.02 Å². The van der Waals surface area contributed by atoms with E-state index >= 15 is 0 Å². The number of carbonyl (C=O) groups excluding carboxylic acids is 1. The second-order valence-corrected chi connectivity index (χ2v) is 8.78. The molecule has 2 fully saturated rings. The lowest BCUT2D eigenvalue weighted by molar-refractivity contribution is -0.130. The fraction of sp³-hybridized carbons (Fsp3) is 0.522. The second-order valence-electron chi connectivity index (χ2n) is 8.34. The summed E-state index contributed by atoms with van der Waals surface area (Å²) in [5, 5.41) is 4.23. The highest BCUT2D eigenvalue weighted by Gasteiger charge is 2.23.